The maximum Gasteiger partial charge on any atom is 0.220 e. The molecule has 0 saturated carbocycles. The highest BCUT2D eigenvalue weighted by atomic mass is 16.3. The van der Waals surface area contributed by atoms with Gasteiger partial charge in [0, 0.05) is 6.42 Å². The minimum Gasteiger partial charge on any atom is -0.394 e. The third-order valence-corrected chi connectivity index (χ3v) is 13.0. The summed E-state index contributed by atoms with van der Waals surface area (Å²) in [4.78, 5) is 12.4. The van der Waals surface area contributed by atoms with Gasteiger partial charge >= 0.3 is 0 Å². The maximum absolute atomic E-state index is 12.4. The molecule has 0 radical (unpaired) electrons. The second kappa shape index (κ2) is 51.5. The molecule has 3 N–H and O–H groups in total. The van der Waals surface area contributed by atoms with E-state index < -0.39 is 12.1 Å². The van der Waals surface area contributed by atoms with Gasteiger partial charge in [0.15, 0.2) is 0 Å². The van der Waals surface area contributed by atoms with Gasteiger partial charge in [0.25, 0.3) is 0 Å². The summed E-state index contributed by atoms with van der Waals surface area (Å²) in [6, 6.07) is -0.616. The molecular formula is C55H109NO3. The molecule has 2 unspecified atom stereocenters. The van der Waals surface area contributed by atoms with Crippen molar-refractivity contribution < 1.29 is 15.0 Å². The average Bonchev–Trinajstić information content (AvgIpc) is 3.24. The molecule has 352 valence electrons. The van der Waals surface area contributed by atoms with E-state index in [-0.39, 0.29) is 12.5 Å². The lowest BCUT2D eigenvalue weighted by Crippen LogP contribution is -2.45. The van der Waals surface area contributed by atoms with E-state index in [0.717, 1.165) is 25.7 Å². The Bertz CT molecular complexity index is 814. The molecule has 0 aromatic rings. The molecule has 2 atom stereocenters. The van der Waals surface area contributed by atoms with Crippen LogP contribution in [0.25, 0.3) is 0 Å². The fourth-order valence-electron chi connectivity index (χ4n) is 8.83. The minimum atomic E-state index is -0.833. The molecule has 0 saturated heterocycles. The van der Waals surface area contributed by atoms with Crippen molar-refractivity contribution in [2.24, 2.45) is 0 Å². The van der Waals surface area contributed by atoms with Crippen LogP contribution < -0.4 is 5.32 Å². The first-order valence-corrected chi connectivity index (χ1v) is 27.4. The van der Waals surface area contributed by atoms with Crippen LogP contribution in [0.3, 0.4) is 0 Å². The van der Waals surface area contributed by atoms with Crippen molar-refractivity contribution in [3.8, 4) is 0 Å². The zero-order chi connectivity index (χ0) is 42.8. The molecule has 1 amide bonds. The number of unbranched alkanes of at least 4 members (excludes halogenated alkanes) is 44. The van der Waals surface area contributed by atoms with Gasteiger partial charge in [-0.3, -0.25) is 4.79 Å². The Morgan fingerprint density at radius 1 is 0.390 bits per heavy atom. The number of carbonyl (C=O) groups excluding carboxylic acids is 1. The van der Waals surface area contributed by atoms with Gasteiger partial charge < -0.3 is 15.5 Å². The quantitative estimate of drug-likeness (QED) is 0.0422. The van der Waals surface area contributed by atoms with Crippen LogP contribution in [0.2, 0.25) is 0 Å². The largest absolute Gasteiger partial charge is 0.394 e. The number of hydrogen-bond donors (Lipinski definition) is 3. The van der Waals surface area contributed by atoms with Gasteiger partial charge in [-0.2, -0.15) is 0 Å². The van der Waals surface area contributed by atoms with Gasteiger partial charge in [-0.25, -0.2) is 0 Å². The van der Waals surface area contributed by atoms with E-state index in [0.29, 0.717) is 6.42 Å². The highest BCUT2D eigenvalue weighted by molar-refractivity contribution is 5.76. The van der Waals surface area contributed by atoms with Crippen molar-refractivity contribution in [3.63, 3.8) is 0 Å². The number of aliphatic hydroxyl groups excluding tert-OH is 2. The molecule has 0 rings (SSSR count). The Labute approximate surface area is 371 Å². The van der Waals surface area contributed by atoms with E-state index in [2.05, 4.69) is 19.2 Å². The summed E-state index contributed by atoms with van der Waals surface area (Å²) in [5.74, 6) is -0.0581. The van der Waals surface area contributed by atoms with Crippen molar-refractivity contribution in [2.75, 3.05) is 6.61 Å². The van der Waals surface area contributed by atoms with Gasteiger partial charge in [-0.1, -0.05) is 302 Å². The summed E-state index contributed by atoms with van der Waals surface area (Å²) in [5.41, 5.74) is 0. The fourth-order valence-corrected chi connectivity index (χ4v) is 8.83. The second-order valence-corrected chi connectivity index (χ2v) is 19.0. The highest BCUT2D eigenvalue weighted by Gasteiger charge is 2.18. The Balaban J connectivity index is 3.35. The zero-order valence-corrected chi connectivity index (χ0v) is 40.6. The SMILES string of the molecule is CCCCCCCCCCCC/C=C/C(O)C(CO)NC(=O)CCCCCCCCCCCCCCCCCCCCCCCCCCCCCCCCCCCCC. The normalized spacial score (nSPS) is 12.8. The van der Waals surface area contributed by atoms with E-state index in [9.17, 15) is 15.0 Å². The molecular weight excluding hydrogens is 723 g/mol. The van der Waals surface area contributed by atoms with Crippen molar-refractivity contribution in [3.05, 3.63) is 12.2 Å². The number of rotatable bonds is 51. The standard InChI is InChI=1S/C55H109NO3/c1-3-5-7-9-11-13-15-17-18-19-20-21-22-23-24-25-26-27-28-29-30-31-32-33-34-35-36-37-38-39-41-43-45-47-49-51-55(59)56-53(52-57)54(58)50-48-46-44-42-40-16-14-12-10-8-6-4-2/h48,50,53-54,57-58H,3-47,49,51-52H2,1-2H3,(H,56,59)/b50-48+. The van der Waals surface area contributed by atoms with Crippen LogP contribution in [-0.4, -0.2) is 34.9 Å². The third kappa shape index (κ3) is 48.0. The fraction of sp³-hybridized carbons (Fsp3) is 0.945. The predicted molar refractivity (Wildman–Crippen MR) is 263 cm³/mol. The summed E-state index contributed by atoms with van der Waals surface area (Å²) in [5, 5.41) is 23.0. The number of nitrogens with one attached hydrogen (secondary N) is 1. The van der Waals surface area contributed by atoms with Crippen LogP contribution >= 0.6 is 0 Å². The average molecular weight is 832 g/mol. The predicted octanol–water partition coefficient (Wildman–Crippen LogP) is 17.8. The van der Waals surface area contributed by atoms with Crippen LogP contribution in [-0.2, 0) is 4.79 Å². The maximum atomic E-state index is 12.4. The lowest BCUT2D eigenvalue weighted by atomic mass is 10.0. The second-order valence-electron chi connectivity index (χ2n) is 19.0. The lowest BCUT2D eigenvalue weighted by molar-refractivity contribution is -0.123. The van der Waals surface area contributed by atoms with E-state index in [1.165, 1.54) is 270 Å². The van der Waals surface area contributed by atoms with Crippen molar-refractivity contribution in [1.82, 2.24) is 5.32 Å². The summed E-state index contributed by atoms with van der Waals surface area (Å²) in [6.45, 7) is 4.33. The molecule has 0 aromatic carbocycles. The van der Waals surface area contributed by atoms with E-state index in [4.69, 9.17) is 0 Å². The molecule has 4 nitrogen and oxygen atoms in total. The number of allylic oxidation sites excluding steroid dienone is 1. The molecule has 0 bridgehead atoms. The zero-order valence-electron chi connectivity index (χ0n) is 40.6. The van der Waals surface area contributed by atoms with Crippen LogP contribution in [0, 0.1) is 0 Å². The Hall–Kier alpha value is -0.870. The molecule has 4 heteroatoms. The number of amides is 1. The topological polar surface area (TPSA) is 69.6 Å². The first-order valence-electron chi connectivity index (χ1n) is 27.4. The number of carbonyl (C=O) groups is 1. The van der Waals surface area contributed by atoms with Gasteiger partial charge in [-0.05, 0) is 19.3 Å². The molecule has 0 aliphatic heterocycles. The first-order chi connectivity index (χ1) is 29.2. The summed E-state index contributed by atoms with van der Waals surface area (Å²) in [6.07, 6.45) is 66.7. The highest BCUT2D eigenvalue weighted by Crippen LogP contribution is 2.18. The molecule has 0 spiro atoms. The van der Waals surface area contributed by atoms with E-state index >= 15 is 0 Å². The Kier molecular flexibility index (Phi) is 50.7. The monoisotopic (exact) mass is 832 g/mol. The molecule has 0 heterocycles. The minimum absolute atomic E-state index is 0.0581. The first kappa shape index (κ1) is 58.1. The Morgan fingerprint density at radius 3 is 0.881 bits per heavy atom. The van der Waals surface area contributed by atoms with E-state index in [1.807, 2.05) is 6.08 Å². The van der Waals surface area contributed by atoms with Crippen LogP contribution in [0.1, 0.15) is 316 Å². The Morgan fingerprint density at radius 2 is 0.627 bits per heavy atom. The summed E-state index contributed by atoms with van der Waals surface area (Å²) in [7, 11) is 0. The van der Waals surface area contributed by atoms with Crippen LogP contribution in [0.5, 0.6) is 0 Å². The van der Waals surface area contributed by atoms with Crippen molar-refractivity contribution in [2.45, 2.75) is 328 Å². The van der Waals surface area contributed by atoms with Crippen LogP contribution in [0.15, 0.2) is 12.2 Å². The number of aliphatic hydroxyl groups is 2. The number of hydrogen-bond acceptors (Lipinski definition) is 3. The van der Waals surface area contributed by atoms with Gasteiger partial charge in [0.1, 0.15) is 0 Å². The van der Waals surface area contributed by atoms with Gasteiger partial charge in [-0.15, -0.1) is 0 Å². The summed E-state index contributed by atoms with van der Waals surface area (Å²) >= 11 is 0. The molecule has 0 aromatic heterocycles. The van der Waals surface area contributed by atoms with Gasteiger partial charge in [0.2, 0.25) is 5.91 Å². The lowest BCUT2D eigenvalue weighted by Gasteiger charge is -2.20. The molecule has 0 aliphatic rings. The third-order valence-electron chi connectivity index (χ3n) is 13.0. The molecule has 59 heavy (non-hydrogen) atoms. The smallest absolute Gasteiger partial charge is 0.220 e. The molecule has 0 aliphatic carbocycles. The van der Waals surface area contributed by atoms with Crippen molar-refractivity contribution in [1.29, 1.82) is 0 Å². The van der Waals surface area contributed by atoms with Crippen molar-refractivity contribution >= 4 is 5.91 Å². The molecule has 0 fully saturated rings. The van der Waals surface area contributed by atoms with Crippen LogP contribution in [0.4, 0.5) is 0 Å². The summed E-state index contributed by atoms with van der Waals surface area (Å²) < 4.78 is 0. The van der Waals surface area contributed by atoms with Gasteiger partial charge in [0.05, 0.1) is 18.8 Å². The van der Waals surface area contributed by atoms with E-state index in [1.54, 1.807) is 6.08 Å².